The van der Waals surface area contributed by atoms with E-state index in [1.807, 2.05) is 6.07 Å². The molecule has 0 N–H and O–H groups in total. The number of nitrogens with zero attached hydrogens (tertiary/aromatic N) is 2. The summed E-state index contributed by atoms with van der Waals surface area (Å²) in [6.07, 6.45) is -4.86. The van der Waals surface area contributed by atoms with E-state index in [1.54, 1.807) is 30.3 Å². The zero-order chi connectivity index (χ0) is 13.9. The van der Waals surface area contributed by atoms with Crippen LogP contribution in [0.25, 0.3) is 11.3 Å². The Hall–Kier alpha value is -2.35. The van der Waals surface area contributed by atoms with Crippen LogP contribution < -0.4 is 0 Å². The zero-order valence-corrected chi connectivity index (χ0v) is 9.78. The fourth-order valence-corrected chi connectivity index (χ4v) is 1.74. The molecule has 0 aliphatic heterocycles. The molecule has 0 fully saturated rings. The summed E-state index contributed by atoms with van der Waals surface area (Å²) >= 11 is 0. The molecule has 1 aromatic carbocycles. The van der Waals surface area contributed by atoms with Gasteiger partial charge in [0.05, 0.1) is 29.4 Å². The predicted octanol–water partition coefficient (Wildman–Crippen LogP) is 3.83. The van der Waals surface area contributed by atoms with Crippen molar-refractivity contribution in [1.29, 1.82) is 5.26 Å². The first-order chi connectivity index (χ1) is 9.02. The summed E-state index contributed by atoms with van der Waals surface area (Å²) in [5, 5.41) is 8.61. The number of nitriles is 1. The molecule has 0 saturated carbocycles. The summed E-state index contributed by atoms with van der Waals surface area (Å²) < 4.78 is 38.3. The van der Waals surface area contributed by atoms with Gasteiger partial charge in [0.15, 0.2) is 0 Å². The van der Waals surface area contributed by atoms with Crippen LogP contribution in [-0.2, 0) is 12.6 Å². The highest BCUT2D eigenvalue weighted by atomic mass is 19.4. The first-order valence-electron chi connectivity index (χ1n) is 5.52. The Labute approximate surface area is 108 Å². The minimum Gasteiger partial charge on any atom is -0.251 e. The molecule has 1 aromatic heterocycles. The molecule has 0 bridgehead atoms. The molecule has 2 rings (SSSR count). The van der Waals surface area contributed by atoms with Crippen LogP contribution in [0.5, 0.6) is 0 Å². The van der Waals surface area contributed by atoms with Crippen LogP contribution in [-0.4, -0.2) is 4.98 Å². The summed E-state index contributed by atoms with van der Waals surface area (Å²) in [7, 11) is 0. The monoisotopic (exact) mass is 262 g/mol. The molecular formula is C14H9F3N2. The Kier molecular flexibility index (Phi) is 3.52. The molecular weight excluding hydrogens is 253 g/mol. The highest BCUT2D eigenvalue weighted by Crippen LogP contribution is 2.32. The lowest BCUT2D eigenvalue weighted by Gasteiger charge is -2.11. The number of rotatable bonds is 2. The lowest BCUT2D eigenvalue weighted by molar-refractivity contribution is -0.138. The Morgan fingerprint density at radius 2 is 1.74 bits per heavy atom. The van der Waals surface area contributed by atoms with E-state index < -0.39 is 11.7 Å². The van der Waals surface area contributed by atoms with Crippen molar-refractivity contribution < 1.29 is 13.2 Å². The van der Waals surface area contributed by atoms with Gasteiger partial charge in [0, 0.05) is 5.56 Å². The van der Waals surface area contributed by atoms with Gasteiger partial charge in [0.2, 0.25) is 0 Å². The molecule has 96 valence electrons. The molecule has 0 unspecified atom stereocenters. The van der Waals surface area contributed by atoms with Gasteiger partial charge in [-0.05, 0) is 12.1 Å². The predicted molar refractivity (Wildman–Crippen MR) is 64.0 cm³/mol. The van der Waals surface area contributed by atoms with E-state index in [0.29, 0.717) is 5.69 Å². The van der Waals surface area contributed by atoms with Crippen LogP contribution >= 0.6 is 0 Å². The Balaban J connectivity index is 2.52. The van der Waals surface area contributed by atoms with Crippen molar-refractivity contribution >= 4 is 0 Å². The van der Waals surface area contributed by atoms with Gasteiger partial charge in [-0.25, -0.2) is 0 Å². The molecule has 1 heterocycles. The third-order valence-electron chi connectivity index (χ3n) is 2.60. The molecule has 0 amide bonds. The molecule has 0 aliphatic rings. The summed E-state index contributed by atoms with van der Waals surface area (Å²) in [4.78, 5) is 3.96. The maximum atomic E-state index is 12.8. The quantitative estimate of drug-likeness (QED) is 0.824. The Morgan fingerprint density at radius 3 is 2.32 bits per heavy atom. The molecule has 2 aromatic rings. The van der Waals surface area contributed by atoms with Gasteiger partial charge >= 0.3 is 6.18 Å². The number of halogens is 3. The minimum absolute atomic E-state index is 0.239. The third kappa shape index (κ3) is 2.91. The summed E-state index contributed by atoms with van der Waals surface area (Å²) in [5.74, 6) is 0. The molecule has 2 nitrogen and oxygen atoms in total. The molecule has 0 spiro atoms. The van der Waals surface area contributed by atoms with E-state index in [0.717, 1.165) is 11.6 Å². The van der Waals surface area contributed by atoms with E-state index in [4.69, 9.17) is 5.26 Å². The summed E-state index contributed by atoms with van der Waals surface area (Å²) in [6, 6.07) is 12.9. The largest absolute Gasteiger partial charge is 0.418 e. The van der Waals surface area contributed by atoms with Crippen LogP contribution in [0.2, 0.25) is 0 Å². The van der Waals surface area contributed by atoms with Gasteiger partial charge in [-0.1, -0.05) is 30.3 Å². The van der Waals surface area contributed by atoms with Crippen molar-refractivity contribution in [2.45, 2.75) is 12.6 Å². The maximum absolute atomic E-state index is 12.8. The van der Waals surface area contributed by atoms with E-state index >= 15 is 0 Å². The standard InChI is InChI=1S/C14H9F3N2/c15-14(16,17)11-6-7-12(19-13(11)8-9-18)10-4-2-1-3-5-10/h1-7H,8H2. The molecule has 0 radical (unpaired) electrons. The van der Waals surface area contributed by atoms with Crippen LogP contribution in [0, 0.1) is 11.3 Å². The van der Waals surface area contributed by atoms with Gasteiger partial charge in [0.25, 0.3) is 0 Å². The number of hydrogen-bond acceptors (Lipinski definition) is 2. The molecule has 0 saturated heterocycles. The van der Waals surface area contributed by atoms with Crippen molar-refractivity contribution in [1.82, 2.24) is 4.98 Å². The van der Waals surface area contributed by atoms with E-state index in [9.17, 15) is 13.2 Å². The average molecular weight is 262 g/mol. The SMILES string of the molecule is N#CCc1nc(-c2ccccc2)ccc1C(F)(F)F. The van der Waals surface area contributed by atoms with E-state index in [1.165, 1.54) is 6.07 Å². The highest BCUT2D eigenvalue weighted by Gasteiger charge is 2.34. The first kappa shape index (κ1) is 13.1. The number of pyridine rings is 1. The maximum Gasteiger partial charge on any atom is 0.418 e. The van der Waals surface area contributed by atoms with Crippen molar-refractivity contribution in [3.63, 3.8) is 0 Å². The number of aromatic nitrogens is 1. The second-order valence-electron chi connectivity index (χ2n) is 3.89. The van der Waals surface area contributed by atoms with Crippen molar-refractivity contribution in [2.24, 2.45) is 0 Å². The molecule has 0 aliphatic carbocycles. The Bertz CT molecular complexity index is 613. The number of benzene rings is 1. The van der Waals surface area contributed by atoms with Crippen molar-refractivity contribution in [3.05, 3.63) is 53.7 Å². The van der Waals surface area contributed by atoms with Crippen molar-refractivity contribution in [2.75, 3.05) is 0 Å². The second-order valence-corrected chi connectivity index (χ2v) is 3.89. The van der Waals surface area contributed by atoms with E-state index in [-0.39, 0.29) is 12.1 Å². The normalized spacial score (nSPS) is 11.1. The minimum atomic E-state index is -4.49. The second kappa shape index (κ2) is 5.11. The number of hydrogen-bond donors (Lipinski definition) is 0. The van der Waals surface area contributed by atoms with Gasteiger partial charge in [-0.2, -0.15) is 18.4 Å². The summed E-state index contributed by atoms with van der Waals surface area (Å²) in [5.41, 5.74) is 0.0550. The fraction of sp³-hybridized carbons (Fsp3) is 0.143. The lowest BCUT2D eigenvalue weighted by Crippen LogP contribution is -2.11. The Morgan fingerprint density at radius 1 is 1.05 bits per heavy atom. The number of alkyl halides is 3. The van der Waals surface area contributed by atoms with Crippen LogP contribution in [0.15, 0.2) is 42.5 Å². The molecule has 19 heavy (non-hydrogen) atoms. The van der Waals surface area contributed by atoms with E-state index in [2.05, 4.69) is 4.98 Å². The van der Waals surface area contributed by atoms with Gasteiger partial charge in [-0.3, -0.25) is 4.98 Å². The lowest BCUT2D eigenvalue weighted by atomic mass is 10.1. The first-order valence-corrected chi connectivity index (χ1v) is 5.52. The topological polar surface area (TPSA) is 36.7 Å². The summed E-state index contributed by atoms with van der Waals surface area (Å²) in [6.45, 7) is 0. The van der Waals surface area contributed by atoms with Gasteiger partial charge in [0.1, 0.15) is 0 Å². The zero-order valence-electron chi connectivity index (χ0n) is 9.78. The fourth-order valence-electron chi connectivity index (χ4n) is 1.74. The highest BCUT2D eigenvalue weighted by molar-refractivity contribution is 5.59. The van der Waals surface area contributed by atoms with Crippen LogP contribution in [0.4, 0.5) is 13.2 Å². The third-order valence-corrected chi connectivity index (χ3v) is 2.60. The van der Waals surface area contributed by atoms with Crippen LogP contribution in [0.3, 0.4) is 0 Å². The molecule has 0 atom stereocenters. The van der Waals surface area contributed by atoms with Gasteiger partial charge in [-0.15, -0.1) is 0 Å². The van der Waals surface area contributed by atoms with Crippen LogP contribution in [0.1, 0.15) is 11.3 Å². The van der Waals surface area contributed by atoms with Gasteiger partial charge < -0.3 is 0 Å². The average Bonchev–Trinajstić information content (AvgIpc) is 2.39. The smallest absolute Gasteiger partial charge is 0.251 e. The van der Waals surface area contributed by atoms with Crippen molar-refractivity contribution in [3.8, 4) is 17.3 Å². The molecule has 5 heteroatoms.